The third-order valence-electron chi connectivity index (χ3n) is 4.35. The summed E-state index contributed by atoms with van der Waals surface area (Å²) in [7, 11) is 0. The van der Waals surface area contributed by atoms with Crippen molar-refractivity contribution in [2.24, 2.45) is 0 Å². The molecule has 0 unspecified atom stereocenters. The Balaban J connectivity index is 1.58. The van der Waals surface area contributed by atoms with Crippen LogP contribution in [-0.4, -0.2) is 21.6 Å². The van der Waals surface area contributed by atoms with Crippen molar-refractivity contribution in [1.29, 1.82) is 0 Å². The molecule has 1 amide bonds. The molecule has 0 fully saturated rings. The van der Waals surface area contributed by atoms with E-state index in [-0.39, 0.29) is 17.5 Å². The zero-order chi connectivity index (χ0) is 19.7. The lowest BCUT2D eigenvalue weighted by Crippen LogP contribution is -2.14. The van der Waals surface area contributed by atoms with Gasteiger partial charge in [0.05, 0.1) is 5.75 Å². The Bertz CT molecular complexity index is 1190. The number of aryl methyl sites for hydroxylation is 2. The molecule has 0 spiro atoms. The fourth-order valence-electron chi connectivity index (χ4n) is 2.87. The summed E-state index contributed by atoms with van der Waals surface area (Å²) in [4.78, 5) is 21.4. The number of carbonyl (C=O) groups excluding carboxylic acids is 1. The molecule has 7 heteroatoms. The van der Waals surface area contributed by atoms with Crippen molar-refractivity contribution in [3.8, 4) is 0 Å². The first kappa shape index (κ1) is 18.4. The van der Waals surface area contributed by atoms with E-state index in [0.29, 0.717) is 34.1 Å². The number of hydrogen-bond donors (Lipinski definition) is 1. The second-order valence-electron chi connectivity index (χ2n) is 6.38. The number of anilines is 1. The molecule has 0 aliphatic carbocycles. The third kappa shape index (κ3) is 3.57. The number of rotatable bonds is 5. The van der Waals surface area contributed by atoms with Crippen molar-refractivity contribution >= 4 is 45.4 Å². The second kappa shape index (κ2) is 7.59. The average Bonchev–Trinajstić information content (AvgIpc) is 3.07. The van der Waals surface area contributed by atoms with Gasteiger partial charge in [-0.2, -0.15) is 0 Å². The van der Waals surface area contributed by atoms with E-state index < -0.39 is 0 Å². The fraction of sp³-hybridized carbons (Fsp3) is 0.190. The van der Waals surface area contributed by atoms with Crippen molar-refractivity contribution in [3.63, 3.8) is 0 Å². The van der Waals surface area contributed by atoms with Gasteiger partial charge in [0.2, 0.25) is 5.91 Å². The predicted octanol–water partition coefficient (Wildman–Crippen LogP) is 5.12. The van der Waals surface area contributed by atoms with E-state index in [2.05, 4.69) is 15.3 Å². The van der Waals surface area contributed by atoms with Crippen LogP contribution in [0.15, 0.2) is 51.9 Å². The smallest absolute Gasteiger partial charge is 0.234 e. The van der Waals surface area contributed by atoms with Gasteiger partial charge in [0.15, 0.2) is 5.58 Å². The highest BCUT2D eigenvalue weighted by atomic mass is 32.2. The van der Waals surface area contributed by atoms with Gasteiger partial charge in [-0.3, -0.25) is 4.79 Å². The van der Waals surface area contributed by atoms with Gasteiger partial charge < -0.3 is 9.73 Å². The lowest BCUT2D eigenvalue weighted by atomic mass is 10.2. The fourth-order valence-corrected chi connectivity index (χ4v) is 3.65. The third-order valence-corrected chi connectivity index (χ3v) is 5.30. The summed E-state index contributed by atoms with van der Waals surface area (Å²) >= 11 is 1.28. The molecule has 0 bridgehead atoms. The summed E-state index contributed by atoms with van der Waals surface area (Å²) < 4.78 is 19.6. The first-order chi connectivity index (χ1) is 13.5. The quantitative estimate of drug-likeness (QED) is 0.375. The van der Waals surface area contributed by atoms with Crippen molar-refractivity contribution in [2.75, 3.05) is 11.1 Å². The number of furan rings is 1. The van der Waals surface area contributed by atoms with Gasteiger partial charge >= 0.3 is 0 Å². The van der Waals surface area contributed by atoms with Crippen molar-refractivity contribution < 1.29 is 13.6 Å². The first-order valence-electron chi connectivity index (χ1n) is 8.92. The normalized spacial score (nSPS) is 11.2. The number of nitrogens with one attached hydrogen (secondary N) is 1. The number of para-hydroxylation sites is 1. The maximum absolute atomic E-state index is 13.7. The molecule has 142 valence electrons. The molecule has 0 saturated carbocycles. The maximum atomic E-state index is 13.7. The molecule has 0 aliphatic heterocycles. The summed E-state index contributed by atoms with van der Waals surface area (Å²) in [6.45, 7) is 3.66. The van der Waals surface area contributed by atoms with Gasteiger partial charge in [-0.1, -0.05) is 36.9 Å². The van der Waals surface area contributed by atoms with E-state index in [1.54, 1.807) is 19.1 Å². The summed E-state index contributed by atoms with van der Waals surface area (Å²) in [5.41, 5.74) is 3.04. The van der Waals surface area contributed by atoms with Crippen LogP contribution in [0, 0.1) is 12.7 Å². The highest BCUT2D eigenvalue weighted by molar-refractivity contribution is 8.00. The van der Waals surface area contributed by atoms with Crippen molar-refractivity contribution in [2.45, 2.75) is 25.3 Å². The van der Waals surface area contributed by atoms with Gasteiger partial charge in [-0.25, -0.2) is 14.4 Å². The molecule has 5 nitrogen and oxygen atoms in total. The Labute approximate surface area is 165 Å². The highest BCUT2D eigenvalue weighted by Gasteiger charge is 2.16. The molecular weight excluding hydrogens is 377 g/mol. The van der Waals surface area contributed by atoms with E-state index in [4.69, 9.17) is 4.42 Å². The molecule has 4 rings (SSSR count). The molecule has 2 aromatic carbocycles. The number of halogens is 1. The van der Waals surface area contributed by atoms with Gasteiger partial charge in [-0.15, -0.1) is 0 Å². The molecule has 0 atom stereocenters. The van der Waals surface area contributed by atoms with Gasteiger partial charge in [0.25, 0.3) is 0 Å². The summed E-state index contributed by atoms with van der Waals surface area (Å²) in [5.74, 6) is 0.233. The number of benzene rings is 2. The SMILES string of the molecule is CCc1nc(SCC(=O)Nc2ccc(C)c(F)c2)c2oc3ccccc3c2n1. The van der Waals surface area contributed by atoms with Gasteiger partial charge in [0.1, 0.15) is 27.8 Å². The maximum Gasteiger partial charge on any atom is 0.234 e. The second-order valence-corrected chi connectivity index (χ2v) is 7.34. The number of thioether (sulfide) groups is 1. The zero-order valence-corrected chi connectivity index (χ0v) is 16.3. The van der Waals surface area contributed by atoms with E-state index in [9.17, 15) is 9.18 Å². The minimum absolute atomic E-state index is 0.127. The minimum Gasteiger partial charge on any atom is -0.451 e. The van der Waals surface area contributed by atoms with Crippen LogP contribution in [0.3, 0.4) is 0 Å². The van der Waals surface area contributed by atoms with Crippen LogP contribution in [0.2, 0.25) is 0 Å². The lowest BCUT2D eigenvalue weighted by Gasteiger charge is -2.07. The van der Waals surface area contributed by atoms with E-state index in [0.717, 1.165) is 16.5 Å². The number of aromatic nitrogens is 2. The summed E-state index contributed by atoms with van der Waals surface area (Å²) in [5, 5.41) is 4.26. The van der Waals surface area contributed by atoms with Crippen LogP contribution >= 0.6 is 11.8 Å². The van der Waals surface area contributed by atoms with Crippen LogP contribution in [0.1, 0.15) is 18.3 Å². The Morgan fingerprint density at radius 1 is 1.21 bits per heavy atom. The Morgan fingerprint density at radius 3 is 2.82 bits per heavy atom. The minimum atomic E-state index is -0.349. The standard InChI is InChI=1S/C21H18FN3O2S/c1-3-17-24-19-14-6-4-5-7-16(14)27-20(19)21(25-17)28-11-18(26)23-13-9-8-12(2)15(22)10-13/h4-10H,3,11H2,1-2H3,(H,23,26). The molecular formula is C21H18FN3O2S. The highest BCUT2D eigenvalue weighted by Crippen LogP contribution is 2.33. The average molecular weight is 395 g/mol. The molecule has 2 heterocycles. The van der Waals surface area contributed by atoms with Crippen LogP contribution in [0.25, 0.3) is 22.1 Å². The topological polar surface area (TPSA) is 68.0 Å². The molecule has 0 aliphatic rings. The van der Waals surface area contributed by atoms with Crippen LogP contribution in [0.5, 0.6) is 0 Å². The van der Waals surface area contributed by atoms with Crippen LogP contribution in [0.4, 0.5) is 10.1 Å². The molecule has 0 saturated heterocycles. The zero-order valence-electron chi connectivity index (χ0n) is 15.5. The number of amides is 1. The number of fused-ring (bicyclic) bond motifs is 3. The van der Waals surface area contributed by atoms with E-state index >= 15 is 0 Å². The molecule has 28 heavy (non-hydrogen) atoms. The Kier molecular flexibility index (Phi) is 5.00. The summed E-state index contributed by atoms with van der Waals surface area (Å²) in [6, 6.07) is 12.3. The first-order valence-corrected chi connectivity index (χ1v) is 9.90. The Morgan fingerprint density at radius 2 is 2.04 bits per heavy atom. The van der Waals surface area contributed by atoms with Crippen LogP contribution in [-0.2, 0) is 11.2 Å². The number of hydrogen-bond acceptors (Lipinski definition) is 5. The lowest BCUT2D eigenvalue weighted by molar-refractivity contribution is -0.113. The largest absolute Gasteiger partial charge is 0.451 e. The summed E-state index contributed by atoms with van der Waals surface area (Å²) in [6.07, 6.45) is 0.678. The number of nitrogens with zero attached hydrogens (tertiary/aromatic N) is 2. The molecule has 4 aromatic rings. The Hall–Kier alpha value is -2.93. The van der Waals surface area contributed by atoms with Crippen molar-refractivity contribution in [1.82, 2.24) is 9.97 Å². The molecule has 2 aromatic heterocycles. The predicted molar refractivity (Wildman–Crippen MR) is 109 cm³/mol. The van der Waals surface area contributed by atoms with Gasteiger partial charge in [-0.05, 0) is 36.8 Å². The molecule has 0 radical (unpaired) electrons. The number of carbonyl (C=O) groups is 1. The van der Waals surface area contributed by atoms with Crippen molar-refractivity contribution in [3.05, 3.63) is 59.7 Å². The van der Waals surface area contributed by atoms with E-state index in [1.807, 2.05) is 31.2 Å². The monoisotopic (exact) mass is 395 g/mol. The van der Waals surface area contributed by atoms with Crippen LogP contribution < -0.4 is 5.32 Å². The van der Waals surface area contributed by atoms with E-state index in [1.165, 1.54) is 17.8 Å². The van der Waals surface area contributed by atoms with Gasteiger partial charge in [0, 0.05) is 17.5 Å². The molecule has 1 N–H and O–H groups in total.